The molecule has 0 spiro atoms. The van der Waals surface area contributed by atoms with Gasteiger partial charge in [0.2, 0.25) is 0 Å². The Labute approximate surface area is 265 Å². The highest BCUT2D eigenvalue weighted by atomic mass is 16.3. The lowest BCUT2D eigenvalue weighted by atomic mass is 10.0. The third-order valence-corrected chi connectivity index (χ3v) is 11.1. The Morgan fingerprint density at radius 2 is 0.660 bits per heavy atom. The van der Waals surface area contributed by atoms with Crippen molar-refractivity contribution in [2.45, 2.75) is 0 Å². The summed E-state index contributed by atoms with van der Waals surface area (Å²) in [4.78, 5) is 0. The van der Waals surface area contributed by atoms with Gasteiger partial charge in [0.15, 0.2) is 0 Å². The maximum atomic E-state index is 6.72. The van der Waals surface area contributed by atoms with Crippen LogP contribution in [0.25, 0.3) is 120 Å². The zero-order valence-corrected chi connectivity index (χ0v) is 25.0. The van der Waals surface area contributed by atoms with Crippen molar-refractivity contribution in [3.05, 3.63) is 133 Å². The molecule has 0 fully saturated rings. The summed E-state index contributed by atoms with van der Waals surface area (Å²) in [6, 6.07) is 49.5. The van der Waals surface area contributed by atoms with Crippen molar-refractivity contribution in [1.82, 2.24) is 8.80 Å². The van der Waals surface area contributed by atoms with E-state index >= 15 is 0 Å². The van der Waals surface area contributed by atoms with Gasteiger partial charge in [0, 0.05) is 53.9 Å². The quantitative estimate of drug-likeness (QED) is 0.171. The van der Waals surface area contributed by atoms with Crippen LogP contribution in [-0.2, 0) is 0 Å². The number of nitrogens with zero attached hydrogens (tertiary/aromatic N) is 2. The minimum atomic E-state index is 0.932. The number of hydrogen-bond acceptors (Lipinski definition) is 1. The molecule has 0 radical (unpaired) electrons. The molecule has 0 unspecified atom stereocenters. The van der Waals surface area contributed by atoms with E-state index in [2.05, 4.69) is 142 Å². The fourth-order valence-electron chi connectivity index (χ4n) is 9.08. The van der Waals surface area contributed by atoms with Gasteiger partial charge in [0.05, 0.1) is 33.1 Å². The highest BCUT2D eigenvalue weighted by Crippen LogP contribution is 2.45. The van der Waals surface area contributed by atoms with E-state index in [1.54, 1.807) is 0 Å². The van der Waals surface area contributed by atoms with Crippen LogP contribution >= 0.6 is 0 Å². The molecule has 13 rings (SSSR count). The Bertz CT molecular complexity index is 3290. The van der Waals surface area contributed by atoms with Gasteiger partial charge in [-0.3, -0.25) is 0 Å². The van der Waals surface area contributed by atoms with E-state index in [1.165, 1.54) is 97.7 Å². The lowest BCUT2D eigenvalue weighted by Gasteiger charge is -2.02. The largest absolute Gasteiger partial charge is 0.456 e. The number of fused-ring (bicyclic) bond motifs is 17. The zero-order chi connectivity index (χ0) is 30.1. The second-order valence-corrected chi connectivity index (χ2v) is 13.3. The maximum Gasteiger partial charge on any atom is 0.136 e. The fraction of sp³-hybridized carbons (Fsp3) is 0. The van der Waals surface area contributed by atoms with Crippen LogP contribution in [0.2, 0.25) is 0 Å². The molecule has 0 bridgehead atoms. The number of hydrogen-bond donors (Lipinski definition) is 0. The topological polar surface area (TPSA) is 22.0 Å². The molecule has 214 valence electrons. The second kappa shape index (κ2) is 7.55. The van der Waals surface area contributed by atoms with E-state index in [-0.39, 0.29) is 0 Å². The van der Waals surface area contributed by atoms with E-state index in [0.29, 0.717) is 0 Å². The van der Waals surface area contributed by atoms with Gasteiger partial charge < -0.3 is 13.2 Å². The average Bonchev–Trinajstić information content (AvgIpc) is 3.89. The Morgan fingerprint density at radius 3 is 1.09 bits per heavy atom. The second-order valence-electron chi connectivity index (χ2n) is 13.3. The van der Waals surface area contributed by atoms with Crippen molar-refractivity contribution >= 4 is 120 Å². The molecule has 47 heavy (non-hydrogen) atoms. The molecule has 5 aromatic heterocycles. The van der Waals surface area contributed by atoms with Gasteiger partial charge >= 0.3 is 0 Å². The lowest BCUT2D eigenvalue weighted by molar-refractivity contribution is 0.670. The molecule has 0 N–H and O–H groups in total. The molecular weight excluding hydrogens is 572 g/mol. The van der Waals surface area contributed by atoms with Crippen LogP contribution in [0.1, 0.15) is 0 Å². The first-order valence-electron chi connectivity index (χ1n) is 16.3. The van der Waals surface area contributed by atoms with Crippen molar-refractivity contribution in [3.63, 3.8) is 0 Å². The summed E-state index contributed by atoms with van der Waals surface area (Å²) in [5, 5.41) is 17.6. The number of benzene rings is 8. The van der Waals surface area contributed by atoms with Crippen LogP contribution in [0, 0.1) is 0 Å². The molecule has 13 aromatic rings. The zero-order valence-electron chi connectivity index (χ0n) is 25.0. The number of rotatable bonds is 0. The maximum absolute atomic E-state index is 6.72. The molecule has 0 aliphatic heterocycles. The minimum Gasteiger partial charge on any atom is -0.456 e. The van der Waals surface area contributed by atoms with E-state index < -0.39 is 0 Å². The molecule has 5 heterocycles. The van der Waals surface area contributed by atoms with Gasteiger partial charge in [0.25, 0.3) is 0 Å². The predicted octanol–water partition coefficient (Wildman–Crippen LogP) is 12.2. The molecule has 0 saturated heterocycles. The van der Waals surface area contributed by atoms with Crippen molar-refractivity contribution in [2.24, 2.45) is 0 Å². The molecule has 8 aromatic carbocycles. The van der Waals surface area contributed by atoms with Crippen LogP contribution in [0.3, 0.4) is 0 Å². The van der Waals surface area contributed by atoms with Crippen molar-refractivity contribution in [3.8, 4) is 0 Å². The van der Waals surface area contributed by atoms with E-state index in [4.69, 9.17) is 4.42 Å². The van der Waals surface area contributed by atoms with E-state index in [1.807, 2.05) is 0 Å². The van der Waals surface area contributed by atoms with Crippen molar-refractivity contribution in [1.29, 1.82) is 0 Å². The Hall–Kier alpha value is -6.32. The van der Waals surface area contributed by atoms with E-state index in [9.17, 15) is 0 Å². The van der Waals surface area contributed by atoms with Crippen LogP contribution in [0.15, 0.2) is 138 Å². The summed E-state index contributed by atoms with van der Waals surface area (Å²) in [7, 11) is 0. The highest BCUT2D eigenvalue weighted by molar-refractivity contribution is 6.29. The first-order chi connectivity index (χ1) is 23.3. The molecular formula is C44H22N2O. The summed E-state index contributed by atoms with van der Waals surface area (Å²) in [6.07, 6.45) is 0. The van der Waals surface area contributed by atoms with Gasteiger partial charge in [-0.05, 0) is 70.1 Å². The predicted molar refractivity (Wildman–Crippen MR) is 198 cm³/mol. The summed E-state index contributed by atoms with van der Waals surface area (Å²) < 4.78 is 11.7. The van der Waals surface area contributed by atoms with Crippen molar-refractivity contribution in [2.75, 3.05) is 0 Å². The molecule has 0 saturated carbocycles. The minimum absolute atomic E-state index is 0.932. The summed E-state index contributed by atoms with van der Waals surface area (Å²) in [6.45, 7) is 0. The number of aromatic nitrogens is 2. The Balaban J connectivity index is 1.20. The van der Waals surface area contributed by atoms with Gasteiger partial charge in [-0.15, -0.1) is 0 Å². The molecule has 0 amide bonds. The monoisotopic (exact) mass is 594 g/mol. The molecule has 0 aliphatic carbocycles. The Kier molecular flexibility index (Phi) is 3.71. The van der Waals surface area contributed by atoms with Crippen molar-refractivity contribution < 1.29 is 4.42 Å². The van der Waals surface area contributed by atoms with Crippen LogP contribution in [-0.4, -0.2) is 8.80 Å². The fourth-order valence-corrected chi connectivity index (χ4v) is 9.08. The number of furan rings is 1. The van der Waals surface area contributed by atoms with Gasteiger partial charge in [-0.25, -0.2) is 0 Å². The average molecular weight is 595 g/mol. The smallest absolute Gasteiger partial charge is 0.136 e. The summed E-state index contributed by atoms with van der Waals surface area (Å²) >= 11 is 0. The first-order valence-corrected chi connectivity index (χ1v) is 16.3. The van der Waals surface area contributed by atoms with E-state index in [0.717, 1.165) is 21.9 Å². The number of para-hydroxylation sites is 2. The molecule has 0 atom stereocenters. The lowest BCUT2D eigenvalue weighted by Crippen LogP contribution is -1.82. The van der Waals surface area contributed by atoms with Gasteiger partial charge in [-0.1, -0.05) is 84.9 Å². The van der Waals surface area contributed by atoms with Gasteiger partial charge in [0.1, 0.15) is 11.2 Å². The molecule has 3 heteroatoms. The summed E-state index contributed by atoms with van der Waals surface area (Å²) in [5.74, 6) is 0. The molecule has 3 nitrogen and oxygen atoms in total. The van der Waals surface area contributed by atoms with Gasteiger partial charge in [-0.2, -0.15) is 0 Å². The normalized spacial score (nSPS) is 13.1. The third kappa shape index (κ3) is 2.58. The molecule has 0 aliphatic rings. The third-order valence-electron chi connectivity index (χ3n) is 11.1. The van der Waals surface area contributed by atoms with Crippen LogP contribution < -0.4 is 0 Å². The summed E-state index contributed by atoms with van der Waals surface area (Å²) in [5.41, 5.74) is 9.39. The van der Waals surface area contributed by atoms with Crippen LogP contribution in [0.4, 0.5) is 0 Å². The SMILES string of the molecule is c1ccc2cc3c(cc2c1)c1cccc2c4cc5oc6cc7c8cccc9c%10cc%11ccccc%11cc%10n(c7cc6c5cc4n3c12)c98. The highest BCUT2D eigenvalue weighted by Gasteiger charge is 2.22. The Morgan fingerprint density at radius 1 is 0.298 bits per heavy atom. The van der Waals surface area contributed by atoms with Crippen LogP contribution in [0.5, 0.6) is 0 Å². The standard InChI is InChI=1S/C44H22N2O/c1-3-9-25-17-37-31(15-23(25)7-1)27-11-5-13-29-33-21-41-35(19-39(33)45(37)43(27)29)36-20-40-34(22-42(36)47-41)30-14-6-12-28-32-16-24-8-2-4-10-26(24)18-38(32)46(40)44(28)30/h1-22H. The first kappa shape index (κ1) is 23.1.